The zero-order chi connectivity index (χ0) is 15.8. The van der Waals surface area contributed by atoms with Crippen LogP contribution in [0.4, 0.5) is 4.79 Å². The summed E-state index contributed by atoms with van der Waals surface area (Å²) < 4.78 is 0. The number of carbonyl (C=O) groups excluding carboxylic acids is 1. The lowest BCUT2D eigenvalue weighted by Gasteiger charge is -2.23. The van der Waals surface area contributed by atoms with E-state index in [-0.39, 0.29) is 17.9 Å². The zero-order valence-corrected chi connectivity index (χ0v) is 12.8. The van der Waals surface area contributed by atoms with Crippen molar-refractivity contribution in [2.24, 2.45) is 11.8 Å². The fourth-order valence-corrected chi connectivity index (χ4v) is 2.56. The maximum Gasteiger partial charge on any atom is 0.404 e. The molecule has 2 amide bonds. The van der Waals surface area contributed by atoms with Crippen molar-refractivity contribution in [2.45, 2.75) is 45.3 Å². The minimum Gasteiger partial charge on any atom is -0.465 e. The number of hydrogen-bond acceptors (Lipinski definition) is 4. The first-order chi connectivity index (χ1) is 9.88. The van der Waals surface area contributed by atoms with Gasteiger partial charge in [-0.25, -0.2) is 4.79 Å². The molecule has 0 spiro atoms. The molecule has 0 aliphatic carbocycles. The van der Waals surface area contributed by atoms with E-state index in [1.54, 1.807) is 0 Å². The van der Waals surface area contributed by atoms with Gasteiger partial charge in [-0.1, -0.05) is 13.8 Å². The number of hydrogen-bond donors (Lipinski definition) is 5. The second kappa shape index (κ2) is 8.84. The molecule has 1 saturated heterocycles. The van der Waals surface area contributed by atoms with Gasteiger partial charge in [0.2, 0.25) is 5.91 Å². The van der Waals surface area contributed by atoms with Gasteiger partial charge in [0.1, 0.15) is 0 Å². The van der Waals surface area contributed by atoms with Gasteiger partial charge in [-0.15, -0.1) is 0 Å². The summed E-state index contributed by atoms with van der Waals surface area (Å²) in [5, 5.41) is 26.8. The molecule has 0 aromatic rings. The number of aliphatic hydroxyl groups excluding tert-OH is 1. The standard InChI is InChI=1S/C14H27N3O4/c1-9(3-4-16-14(20)21)6-13(19)17-11-5-10(2)7-15-8-12(11)18/h9-12,15-16,18H,3-8H2,1-2H3,(H,17,19)(H,20,21)/t9-,10?,11?,12?/m0/s1. The predicted octanol–water partition coefficient (Wildman–Crippen LogP) is 0.145. The summed E-state index contributed by atoms with van der Waals surface area (Å²) in [6.45, 7) is 5.69. The summed E-state index contributed by atoms with van der Waals surface area (Å²) in [5.74, 6) is 0.413. The van der Waals surface area contributed by atoms with Crippen molar-refractivity contribution in [1.82, 2.24) is 16.0 Å². The van der Waals surface area contributed by atoms with Crippen LogP contribution in [0.15, 0.2) is 0 Å². The van der Waals surface area contributed by atoms with Crippen LogP contribution >= 0.6 is 0 Å². The first kappa shape index (κ1) is 17.7. The largest absolute Gasteiger partial charge is 0.465 e. The normalized spacial score (nSPS) is 27.5. The third-order valence-corrected chi connectivity index (χ3v) is 3.76. The van der Waals surface area contributed by atoms with E-state index in [9.17, 15) is 14.7 Å². The molecular weight excluding hydrogens is 274 g/mol. The number of carboxylic acid groups (broad SMARTS) is 1. The van der Waals surface area contributed by atoms with Gasteiger partial charge in [-0.3, -0.25) is 4.79 Å². The smallest absolute Gasteiger partial charge is 0.404 e. The van der Waals surface area contributed by atoms with E-state index in [0.29, 0.717) is 31.8 Å². The van der Waals surface area contributed by atoms with Crippen LogP contribution in [0.5, 0.6) is 0 Å². The highest BCUT2D eigenvalue weighted by Gasteiger charge is 2.26. The summed E-state index contributed by atoms with van der Waals surface area (Å²) >= 11 is 0. The molecule has 3 unspecified atom stereocenters. The molecule has 0 radical (unpaired) electrons. The molecule has 0 aromatic carbocycles. The number of rotatable bonds is 6. The summed E-state index contributed by atoms with van der Waals surface area (Å²) in [7, 11) is 0. The molecule has 0 bridgehead atoms. The minimum absolute atomic E-state index is 0.0871. The van der Waals surface area contributed by atoms with Crippen molar-refractivity contribution in [3.8, 4) is 0 Å². The van der Waals surface area contributed by atoms with Crippen molar-refractivity contribution in [3.05, 3.63) is 0 Å². The van der Waals surface area contributed by atoms with Gasteiger partial charge in [0.25, 0.3) is 0 Å². The van der Waals surface area contributed by atoms with E-state index in [4.69, 9.17) is 5.11 Å². The Hall–Kier alpha value is -1.34. The lowest BCUT2D eigenvalue weighted by molar-refractivity contribution is -0.123. The van der Waals surface area contributed by atoms with Crippen LogP contribution in [0, 0.1) is 11.8 Å². The molecule has 0 saturated carbocycles. The van der Waals surface area contributed by atoms with Gasteiger partial charge in [-0.05, 0) is 31.2 Å². The quantitative estimate of drug-likeness (QED) is 0.479. The third-order valence-electron chi connectivity index (χ3n) is 3.76. The van der Waals surface area contributed by atoms with Gasteiger partial charge in [0.15, 0.2) is 0 Å². The first-order valence-corrected chi connectivity index (χ1v) is 7.53. The van der Waals surface area contributed by atoms with Crippen LogP contribution in [0.25, 0.3) is 0 Å². The molecule has 1 heterocycles. The van der Waals surface area contributed by atoms with Crippen molar-refractivity contribution >= 4 is 12.0 Å². The van der Waals surface area contributed by atoms with Crippen molar-refractivity contribution < 1.29 is 19.8 Å². The van der Waals surface area contributed by atoms with Gasteiger partial charge in [-0.2, -0.15) is 0 Å². The van der Waals surface area contributed by atoms with E-state index in [1.165, 1.54) is 0 Å². The molecule has 1 rings (SSSR count). The van der Waals surface area contributed by atoms with E-state index in [1.807, 2.05) is 6.92 Å². The Labute approximate surface area is 125 Å². The van der Waals surface area contributed by atoms with Crippen LogP contribution in [0.2, 0.25) is 0 Å². The van der Waals surface area contributed by atoms with Crippen molar-refractivity contribution in [3.63, 3.8) is 0 Å². The number of carbonyl (C=O) groups is 2. The molecule has 1 fully saturated rings. The van der Waals surface area contributed by atoms with Gasteiger partial charge >= 0.3 is 6.09 Å². The molecule has 21 heavy (non-hydrogen) atoms. The molecule has 7 nitrogen and oxygen atoms in total. The molecule has 7 heteroatoms. The lowest BCUT2D eigenvalue weighted by atomic mass is 9.98. The SMILES string of the molecule is CC1CNCC(O)C(NC(=O)C[C@@H](C)CCNC(=O)O)C1. The molecule has 1 aliphatic rings. The molecule has 4 atom stereocenters. The van der Waals surface area contributed by atoms with E-state index < -0.39 is 12.2 Å². The fraction of sp³-hybridized carbons (Fsp3) is 0.857. The highest BCUT2D eigenvalue weighted by Crippen LogP contribution is 2.13. The fourth-order valence-electron chi connectivity index (χ4n) is 2.56. The van der Waals surface area contributed by atoms with Crippen LogP contribution in [0.3, 0.4) is 0 Å². The maximum atomic E-state index is 12.0. The summed E-state index contributed by atoms with van der Waals surface area (Å²) in [5.41, 5.74) is 0. The molecule has 122 valence electrons. The van der Waals surface area contributed by atoms with Crippen molar-refractivity contribution in [1.29, 1.82) is 0 Å². The summed E-state index contributed by atoms with van der Waals surface area (Å²) in [6.07, 6.45) is 0.101. The van der Waals surface area contributed by atoms with E-state index in [2.05, 4.69) is 22.9 Å². The van der Waals surface area contributed by atoms with E-state index in [0.717, 1.165) is 13.0 Å². The van der Waals surface area contributed by atoms with Crippen LogP contribution in [-0.2, 0) is 4.79 Å². The first-order valence-electron chi connectivity index (χ1n) is 7.53. The van der Waals surface area contributed by atoms with Crippen molar-refractivity contribution in [2.75, 3.05) is 19.6 Å². The summed E-state index contributed by atoms with van der Waals surface area (Å²) in [4.78, 5) is 22.3. The summed E-state index contributed by atoms with van der Waals surface area (Å²) in [6, 6.07) is -0.216. The van der Waals surface area contributed by atoms with Crippen LogP contribution < -0.4 is 16.0 Å². The molecular formula is C14H27N3O4. The highest BCUT2D eigenvalue weighted by molar-refractivity contribution is 5.76. The maximum absolute atomic E-state index is 12.0. The highest BCUT2D eigenvalue weighted by atomic mass is 16.4. The van der Waals surface area contributed by atoms with Crippen LogP contribution in [-0.4, -0.2) is 54.0 Å². The number of nitrogens with one attached hydrogen (secondary N) is 3. The Balaban J connectivity index is 2.32. The molecule has 0 aromatic heterocycles. The Kier molecular flexibility index (Phi) is 7.45. The van der Waals surface area contributed by atoms with Crippen LogP contribution in [0.1, 0.15) is 33.1 Å². The molecule has 1 aliphatic heterocycles. The third kappa shape index (κ3) is 7.29. The number of β-amino-alcohol motifs (C(OH)–C–C–N with tert-alkyl or cyclic N) is 1. The lowest BCUT2D eigenvalue weighted by Crippen LogP contribution is -2.46. The minimum atomic E-state index is -1.05. The Morgan fingerprint density at radius 2 is 2.10 bits per heavy atom. The number of amides is 2. The average molecular weight is 301 g/mol. The zero-order valence-electron chi connectivity index (χ0n) is 12.8. The number of aliphatic hydroxyl groups is 1. The van der Waals surface area contributed by atoms with Gasteiger partial charge < -0.3 is 26.2 Å². The monoisotopic (exact) mass is 301 g/mol. The molecule has 5 N–H and O–H groups in total. The Morgan fingerprint density at radius 1 is 1.38 bits per heavy atom. The second-order valence-corrected chi connectivity index (χ2v) is 6.07. The average Bonchev–Trinajstić information content (AvgIpc) is 2.51. The van der Waals surface area contributed by atoms with E-state index >= 15 is 0 Å². The topological polar surface area (TPSA) is 111 Å². The Bertz CT molecular complexity index is 351. The van der Waals surface area contributed by atoms with Gasteiger partial charge in [0, 0.05) is 19.5 Å². The Morgan fingerprint density at radius 3 is 2.76 bits per heavy atom. The second-order valence-electron chi connectivity index (χ2n) is 6.07. The predicted molar refractivity (Wildman–Crippen MR) is 79.0 cm³/mol. The van der Waals surface area contributed by atoms with Gasteiger partial charge in [0.05, 0.1) is 12.1 Å².